The number of aromatic nitrogens is 3. The second-order valence-electron chi connectivity index (χ2n) is 5.24. The molecule has 1 aromatic heterocycles. The zero-order valence-electron chi connectivity index (χ0n) is 11.8. The van der Waals surface area contributed by atoms with E-state index in [1.807, 2.05) is 18.3 Å². The summed E-state index contributed by atoms with van der Waals surface area (Å²) in [6.45, 7) is 2.28. The van der Waals surface area contributed by atoms with Crippen molar-refractivity contribution in [2.75, 3.05) is 18.4 Å². The van der Waals surface area contributed by atoms with Crippen LogP contribution in [0.4, 0.5) is 5.69 Å². The Morgan fingerprint density at radius 3 is 3.19 bits per heavy atom. The van der Waals surface area contributed by atoms with Crippen LogP contribution in [0.2, 0.25) is 0 Å². The number of anilines is 1. The van der Waals surface area contributed by atoms with Gasteiger partial charge < -0.3 is 10.6 Å². The van der Waals surface area contributed by atoms with Gasteiger partial charge in [0.15, 0.2) is 0 Å². The fourth-order valence-corrected chi connectivity index (χ4v) is 2.66. The highest BCUT2D eigenvalue weighted by Gasteiger charge is 2.23. The second kappa shape index (κ2) is 6.39. The average Bonchev–Trinajstić information content (AvgIpc) is 3.14. The molecule has 6 heteroatoms. The first-order chi connectivity index (χ1) is 10.3. The number of carbonyl (C=O) groups excluding carboxylic acids is 1. The Morgan fingerprint density at radius 1 is 1.43 bits per heavy atom. The number of hydrogen-bond donors (Lipinski definition) is 2. The molecule has 1 aromatic carbocycles. The molecule has 0 spiro atoms. The predicted octanol–water partition coefficient (Wildman–Crippen LogP) is 1.38. The Bertz CT molecular complexity index is 596. The van der Waals surface area contributed by atoms with Crippen LogP contribution in [0.15, 0.2) is 36.7 Å². The lowest BCUT2D eigenvalue weighted by Crippen LogP contribution is -2.27. The van der Waals surface area contributed by atoms with E-state index in [1.54, 1.807) is 10.9 Å². The summed E-state index contributed by atoms with van der Waals surface area (Å²) >= 11 is 0. The van der Waals surface area contributed by atoms with Gasteiger partial charge in [-0.25, -0.2) is 0 Å². The fraction of sp³-hybridized carbons (Fsp3) is 0.400. The smallest absolute Gasteiger partial charge is 0.220 e. The number of hydrogen-bond acceptors (Lipinski definition) is 4. The standard InChI is InChI=1S/C15H19N5O/c21-15(16-6-3-8-20-9-7-18-19-20)10-12-11-17-14-5-2-1-4-13(12)14/h1-2,4-5,7,9,12,17H,3,6,8,10-11H2,(H,16,21). The molecular formula is C15H19N5O. The number of aryl methyl sites for hydroxylation is 1. The summed E-state index contributed by atoms with van der Waals surface area (Å²) in [5, 5.41) is 13.9. The van der Waals surface area contributed by atoms with E-state index in [9.17, 15) is 4.79 Å². The van der Waals surface area contributed by atoms with Crippen molar-refractivity contribution < 1.29 is 4.79 Å². The fourth-order valence-electron chi connectivity index (χ4n) is 2.66. The van der Waals surface area contributed by atoms with Crippen molar-refractivity contribution in [2.24, 2.45) is 0 Å². The third-order valence-corrected chi connectivity index (χ3v) is 3.73. The van der Waals surface area contributed by atoms with Gasteiger partial charge in [0.2, 0.25) is 5.91 Å². The van der Waals surface area contributed by atoms with Gasteiger partial charge in [-0.15, -0.1) is 5.10 Å². The van der Waals surface area contributed by atoms with Crippen molar-refractivity contribution in [1.82, 2.24) is 20.3 Å². The van der Waals surface area contributed by atoms with Crippen LogP contribution < -0.4 is 10.6 Å². The zero-order valence-corrected chi connectivity index (χ0v) is 11.8. The first-order valence-corrected chi connectivity index (χ1v) is 7.26. The third kappa shape index (κ3) is 3.39. The van der Waals surface area contributed by atoms with Crippen molar-refractivity contribution in [3.63, 3.8) is 0 Å². The largest absolute Gasteiger partial charge is 0.384 e. The van der Waals surface area contributed by atoms with E-state index < -0.39 is 0 Å². The van der Waals surface area contributed by atoms with Crippen LogP contribution in [0.1, 0.15) is 24.3 Å². The number of carbonyl (C=O) groups is 1. The molecule has 0 radical (unpaired) electrons. The molecule has 1 aliphatic heterocycles. The third-order valence-electron chi connectivity index (χ3n) is 3.73. The summed E-state index contributed by atoms with van der Waals surface area (Å²) in [7, 11) is 0. The van der Waals surface area contributed by atoms with Crippen molar-refractivity contribution in [1.29, 1.82) is 0 Å². The molecule has 0 saturated heterocycles. The van der Waals surface area contributed by atoms with Crippen molar-refractivity contribution in [3.8, 4) is 0 Å². The number of amides is 1. The number of nitrogens with zero attached hydrogens (tertiary/aromatic N) is 3. The topological polar surface area (TPSA) is 71.8 Å². The molecule has 6 nitrogen and oxygen atoms in total. The Hall–Kier alpha value is -2.37. The van der Waals surface area contributed by atoms with Gasteiger partial charge >= 0.3 is 0 Å². The molecule has 110 valence electrons. The molecule has 0 aliphatic carbocycles. The monoisotopic (exact) mass is 285 g/mol. The summed E-state index contributed by atoms with van der Waals surface area (Å²) in [6.07, 6.45) is 4.87. The SMILES string of the molecule is O=C(CC1CNc2ccccc21)NCCCn1ccnn1. The first-order valence-electron chi connectivity index (χ1n) is 7.26. The number of nitrogens with one attached hydrogen (secondary N) is 2. The summed E-state index contributed by atoms with van der Waals surface area (Å²) in [5.74, 6) is 0.383. The van der Waals surface area contributed by atoms with E-state index in [0.29, 0.717) is 13.0 Å². The average molecular weight is 285 g/mol. The lowest BCUT2D eigenvalue weighted by Gasteiger charge is -2.10. The van der Waals surface area contributed by atoms with E-state index in [-0.39, 0.29) is 11.8 Å². The highest BCUT2D eigenvalue weighted by molar-refractivity contribution is 5.78. The Labute approximate surface area is 123 Å². The Kier molecular flexibility index (Phi) is 4.14. The van der Waals surface area contributed by atoms with Crippen LogP contribution in [0, 0.1) is 0 Å². The molecule has 0 bridgehead atoms. The summed E-state index contributed by atoms with van der Waals surface area (Å²) < 4.78 is 1.77. The molecule has 1 amide bonds. The summed E-state index contributed by atoms with van der Waals surface area (Å²) in [6, 6.07) is 8.19. The van der Waals surface area contributed by atoms with Crippen molar-refractivity contribution in [2.45, 2.75) is 25.3 Å². The molecule has 3 rings (SSSR count). The lowest BCUT2D eigenvalue weighted by atomic mass is 9.97. The molecule has 1 unspecified atom stereocenters. The van der Waals surface area contributed by atoms with Crippen LogP contribution in [0.25, 0.3) is 0 Å². The van der Waals surface area contributed by atoms with Crippen molar-refractivity contribution >= 4 is 11.6 Å². The van der Waals surface area contributed by atoms with Gasteiger partial charge in [0, 0.05) is 43.9 Å². The van der Waals surface area contributed by atoms with E-state index in [4.69, 9.17) is 0 Å². The number of rotatable bonds is 6. The molecule has 0 fully saturated rings. The molecule has 1 aliphatic rings. The lowest BCUT2D eigenvalue weighted by molar-refractivity contribution is -0.121. The van der Waals surface area contributed by atoms with E-state index in [1.165, 1.54) is 5.56 Å². The van der Waals surface area contributed by atoms with Gasteiger partial charge in [-0.2, -0.15) is 0 Å². The van der Waals surface area contributed by atoms with Crippen LogP contribution in [-0.2, 0) is 11.3 Å². The summed E-state index contributed by atoms with van der Waals surface area (Å²) in [4.78, 5) is 12.0. The second-order valence-corrected chi connectivity index (χ2v) is 5.24. The first kappa shape index (κ1) is 13.6. The number of fused-ring (bicyclic) bond motifs is 1. The highest BCUT2D eigenvalue weighted by Crippen LogP contribution is 2.32. The van der Waals surface area contributed by atoms with Crippen LogP contribution in [-0.4, -0.2) is 34.0 Å². The minimum atomic E-state index is 0.108. The zero-order chi connectivity index (χ0) is 14.5. The molecule has 2 heterocycles. The van der Waals surface area contributed by atoms with E-state index >= 15 is 0 Å². The minimum Gasteiger partial charge on any atom is -0.384 e. The van der Waals surface area contributed by atoms with Gasteiger partial charge in [0.25, 0.3) is 0 Å². The van der Waals surface area contributed by atoms with Crippen LogP contribution >= 0.6 is 0 Å². The molecule has 2 N–H and O–H groups in total. The van der Waals surface area contributed by atoms with Crippen molar-refractivity contribution in [3.05, 3.63) is 42.2 Å². The molecule has 2 aromatic rings. The highest BCUT2D eigenvalue weighted by atomic mass is 16.1. The van der Waals surface area contributed by atoms with Gasteiger partial charge in [-0.1, -0.05) is 23.4 Å². The van der Waals surface area contributed by atoms with E-state index in [2.05, 4.69) is 33.1 Å². The minimum absolute atomic E-state index is 0.108. The number of benzene rings is 1. The maximum atomic E-state index is 12.0. The van der Waals surface area contributed by atoms with E-state index in [0.717, 1.165) is 25.2 Å². The molecule has 0 saturated carbocycles. The van der Waals surface area contributed by atoms with Gasteiger partial charge in [-0.3, -0.25) is 9.48 Å². The van der Waals surface area contributed by atoms with Crippen LogP contribution in [0.5, 0.6) is 0 Å². The quantitative estimate of drug-likeness (QED) is 0.787. The van der Waals surface area contributed by atoms with Gasteiger partial charge in [-0.05, 0) is 18.1 Å². The normalized spacial score (nSPS) is 16.3. The summed E-state index contributed by atoms with van der Waals surface area (Å²) in [5.41, 5.74) is 2.40. The molecule has 21 heavy (non-hydrogen) atoms. The Morgan fingerprint density at radius 2 is 2.33 bits per heavy atom. The van der Waals surface area contributed by atoms with Gasteiger partial charge in [0.05, 0.1) is 6.20 Å². The molecule has 1 atom stereocenters. The Balaban J connectivity index is 1.41. The van der Waals surface area contributed by atoms with Crippen LogP contribution in [0.3, 0.4) is 0 Å². The predicted molar refractivity (Wildman–Crippen MR) is 79.9 cm³/mol. The maximum Gasteiger partial charge on any atom is 0.220 e. The van der Waals surface area contributed by atoms with Gasteiger partial charge in [0.1, 0.15) is 0 Å². The molecular weight excluding hydrogens is 266 g/mol. The number of para-hydroxylation sites is 1. The maximum absolute atomic E-state index is 12.0.